The molecule has 2 aromatic carbocycles. The lowest BCUT2D eigenvalue weighted by atomic mass is 9.94. The molecule has 2 unspecified atom stereocenters. The molecule has 1 fully saturated rings. The first-order valence-corrected chi connectivity index (χ1v) is 15.2. The lowest BCUT2D eigenvalue weighted by Gasteiger charge is -2.33. The van der Waals surface area contributed by atoms with Gasteiger partial charge in [-0.1, -0.05) is 70.2 Å². The molecule has 2 heterocycles. The quantitative estimate of drug-likeness (QED) is 0.320. The molecule has 1 aromatic heterocycles. The molecule has 0 aliphatic carbocycles. The number of amides is 3. The van der Waals surface area contributed by atoms with Crippen LogP contribution in [-0.2, 0) is 20.8 Å². The van der Waals surface area contributed by atoms with Crippen molar-refractivity contribution in [2.24, 2.45) is 11.3 Å². The van der Waals surface area contributed by atoms with E-state index in [1.54, 1.807) is 24.2 Å². The Bertz CT molecular complexity index is 1360. The minimum atomic E-state index is -0.727. The first-order valence-electron chi connectivity index (χ1n) is 15.2. The van der Waals surface area contributed by atoms with Gasteiger partial charge in [0.2, 0.25) is 17.7 Å². The molecule has 9 heteroatoms. The summed E-state index contributed by atoms with van der Waals surface area (Å²) in [5.74, 6) is 1.08. The number of hydrogen-bond acceptors (Lipinski definition) is 5. The molecular formula is C34H45N5O4. The van der Waals surface area contributed by atoms with Crippen LogP contribution in [0.3, 0.4) is 0 Å². The molecule has 1 aliphatic rings. The Balaban J connectivity index is 1.52. The fourth-order valence-corrected chi connectivity index (χ4v) is 5.18. The summed E-state index contributed by atoms with van der Waals surface area (Å²) in [7, 11) is 1.61. The average Bonchev–Trinajstić information content (AvgIpc) is 3.45. The summed E-state index contributed by atoms with van der Waals surface area (Å²) in [6.45, 7) is 9.10. The number of carbonyl (C=O) groups is 3. The second-order valence-corrected chi connectivity index (χ2v) is 12.5. The highest BCUT2D eigenvalue weighted by Gasteiger charge is 2.31. The van der Waals surface area contributed by atoms with E-state index in [1.807, 2.05) is 68.1 Å². The topological polar surface area (TPSA) is 106 Å². The van der Waals surface area contributed by atoms with Gasteiger partial charge in [-0.2, -0.15) is 0 Å². The van der Waals surface area contributed by atoms with Crippen molar-refractivity contribution in [2.45, 2.75) is 71.9 Å². The highest BCUT2D eigenvalue weighted by atomic mass is 16.5. The summed E-state index contributed by atoms with van der Waals surface area (Å²) in [5, 5.41) is 5.82. The number of likely N-dealkylation sites (tertiary alicyclic amines) is 1. The Morgan fingerprint density at radius 3 is 2.33 bits per heavy atom. The van der Waals surface area contributed by atoms with Crippen molar-refractivity contribution in [3.63, 3.8) is 0 Å². The van der Waals surface area contributed by atoms with Gasteiger partial charge < -0.3 is 24.8 Å². The molecule has 9 nitrogen and oxygen atoms in total. The zero-order valence-corrected chi connectivity index (χ0v) is 26.0. The van der Waals surface area contributed by atoms with Crippen molar-refractivity contribution in [1.82, 2.24) is 19.8 Å². The van der Waals surface area contributed by atoms with Gasteiger partial charge in [0.25, 0.3) is 0 Å². The molecule has 1 saturated heterocycles. The largest absolute Gasteiger partial charge is 0.497 e. The molecule has 0 radical (unpaired) electrons. The van der Waals surface area contributed by atoms with Crippen molar-refractivity contribution in [1.29, 1.82) is 0 Å². The molecule has 0 saturated carbocycles. The number of methoxy groups -OCH3 is 1. The number of aromatic nitrogens is 2. The summed E-state index contributed by atoms with van der Waals surface area (Å²) in [4.78, 5) is 46.5. The maximum absolute atomic E-state index is 13.9. The van der Waals surface area contributed by atoms with Crippen molar-refractivity contribution < 1.29 is 19.1 Å². The molecule has 230 valence electrons. The number of rotatable bonds is 11. The zero-order valence-electron chi connectivity index (χ0n) is 26.0. The third kappa shape index (κ3) is 8.69. The van der Waals surface area contributed by atoms with Crippen LogP contribution in [0.5, 0.6) is 5.75 Å². The van der Waals surface area contributed by atoms with E-state index in [2.05, 4.69) is 34.7 Å². The molecule has 4 rings (SSSR count). The van der Waals surface area contributed by atoms with Crippen LogP contribution in [0.2, 0.25) is 0 Å². The predicted octanol–water partition coefficient (Wildman–Crippen LogP) is 5.23. The summed E-state index contributed by atoms with van der Waals surface area (Å²) in [6.07, 6.45) is 7.20. The number of carbonyl (C=O) groups excluding carboxylic acids is 3. The molecule has 0 bridgehead atoms. The maximum atomic E-state index is 13.9. The third-order valence-corrected chi connectivity index (χ3v) is 8.02. The van der Waals surface area contributed by atoms with Crippen LogP contribution in [-0.4, -0.2) is 58.4 Å². The second kappa shape index (κ2) is 14.4. The van der Waals surface area contributed by atoms with Gasteiger partial charge in [0.15, 0.2) is 5.82 Å². The minimum absolute atomic E-state index is 0.0106. The molecule has 3 aromatic rings. The molecule has 2 atom stereocenters. The van der Waals surface area contributed by atoms with Crippen molar-refractivity contribution in [3.05, 3.63) is 78.2 Å². The highest BCUT2D eigenvalue weighted by molar-refractivity contribution is 5.97. The van der Waals surface area contributed by atoms with Gasteiger partial charge in [-0.15, -0.1) is 0 Å². The van der Waals surface area contributed by atoms with E-state index < -0.39 is 17.5 Å². The second-order valence-electron chi connectivity index (χ2n) is 12.5. The van der Waals surface area contributed by atoms with Crippen LogP contribution in [0.1, 0.15) is 70.5 Å². The van der Waals surface area contributed by atoms with Gasteiger partial charge in [0.1, 0.15) is 17.8 Å². The number of nitrogens with zero attached hydrogens (tertiary/aromatic N) is 3. The first kappa shape index (κ1) is 31.8. The predicted molar refractivity (Wildman–Crippen MR) is 168 cm³/mol. The van der Waals surface area contributed by atoms with Crippen LogP contribution in [0.15, 0.2) is 67.1 Å². The average molecular weight is 588 g/mol. The smallest absolute Gasteiger partial charge is 0.250 e. The number of hydrogen-bond donors (Lipinski definition) is 2. The van der Waals surface area contributed by atoms with E-state index in [4.69, 9.17) is 4.74 Å². The van der Waals surface area contributed by atoms with Crippen LogP contribution < -0.4 is 15.4 Å². The van der Waals surface area contributed by atoms with Gasteiger partial charge in [0.05, 0.1) is 13.4 Å². The normalized spacial score (nSPS) is 15.4. The number of imidazole rings is 1. The van der Waals surface area contributed by atoms with E-state index >= 15 is 0 Å². The fourth-order valence-electron chi connectivity index (χ4n) is 5.18. The molecular weight excluding hydrogens is 542 g/mol. The Kier molecular flexibility index (Phi) is 10.6. The van der Waals surface area contributed by atoms with E-state index in [-0.39, 0.29) is 17.7 Å². The van der Waals surface area contributed by atoms with Crippen LogP contribution >= 0.6 is 0 Å². The number of benzene rings is 2. The van der Waals surface area contributed by atoms with Gasteiger partial charge >= 0.3 is 0 Å². The number of nitrogens with one attached hydrogen (secondary N) is 2. The molecule has 0 spiro atoms. The van der Waals surface area contributed by atoms with E-state index in [1.165, 1.54) is 5.56 Å². The molecule has 2 N–H and O–H groups in total. The van der Waals surface area contributed by atoms with Crippen LogP contribution in [0.4, 0.5) is 5.82 Å². The zero-order chi connectivity index (χ0) is 31.0. The number of piperidine rings is 1. The molecule has 43 heavy (non-hydrogen) atoms. The van der Waals surface area contributed by atoms with Gasteiger partial charge in [-0.25, -0.2) is 4.98 Å². The maximum Gasteiger partial charge on any atom is 0.250 e. The van der Waals surface area contributed by atoms with Crippen molar-refractivity contribution in [2.75, 3.05) is 25.5 Å². The summed E-state index contributed by atoms with van der Waals surface area (Å²) >= 11 is 0. The lowest BCUT2D eigenvalue weighted by molar-refractivity contribution is -0.135. The SMILES string of the molecule is COc1ccc(C(C(=O)N2CCC(C)CC2)n2cnc(NC(=O)C(CCCc3ccccc3)NC(=O)C(C)(C)C)c2)cc1. The summed E-state index contributed by atoms with van der Waals surface area (Å²) in [6, 6.07) is 16.2. The number of aryl methyl sites for hydroxylation is 1. The van der Waals surface area contributed by atoms with Crippen molar-refractivity contribution in [3.8, 4) is 5.75 Å². The minimum Gasteiger partial charge on any atom is -0.497 e. The summed E-state index contributed by atoms with van der Waals surface area (Å²) in [5.41, 5.74) is 1.34. The molecule has 1 aliphatic heterocycles. The Labute approximate surface area is 255 Å². The number of ether oxygens (including phenoxy) is 1. The third-order valence-electron chi connectivity index (χ3n) is 8.02. The monoisotopic (exact) mass is 587 g/mol. The number of anilines is 1. The fraction of sp³-hybridized carbons (Fsp3) is 0.471. The standard InChI is InChI=1S/C34H45N5O4/c1-24-18-20-38(21-19-24)32(41)30(26-14-16-27(43-5)17-15-26)39-22-29(35-23-39)37-31(40)28(36-33(42)34(2,3)4)13-9-12-25-10-7-6-8-11-25/h6-8,10-11,14-17,22-24,28,30H,9,12-13,18-21H2,1-5H3,(H,36,42)(H,37,40). The summed E-state index contributed by atoms with van der Waals surface area (Å²) < 4.78 is 7.07. The van der Waals surface area contributed by atoms with Gasteiger partial charge in [0, 0.05) is 24.7 Å². The molecule has 3 amide bonds. The van der Waals surface area contributed by atoms with Crippen LogP contribution in [0.25, 0.3) is 0 Å². The Morgan fingerprint density at radius 1 is 1.02 bits per heavy atom. The Morgan fingerprint density at radius 2 is 1.70 bits per heavy atom. The van der Waals surface area contributed by atoms with Gasteiger partial charge in [-0.3, -0.25) is 14.4 Å². The lowest BCUT2D eigenvalue weighted by Crippen LogP contribution is -2.47. The van der Waals surface area contributed by atoms with E-state index in [9.17, 15) is 14.4 Å². The first-order chi connectivity index (χ1) is 20.5. The van der Waals surface area contributed by atoms with Crippen LogP contribution in [0, 0.1) is 11.3 Å². The van der Waals surface area contributed by atoms with E-state index in [0.29, 0.717) is 37.0 Å². The van der Waals surface area contributed by atoms with Crippen molar-refractivity contribution >= 4 is 23.5 Å². The van der Waals surface area contributed by atoms with Gasteiger partial charge in [-0.05, 0) is 61.3 Å². The Hall–Kier alpha value is -4.14. The highest BCUT2D eigenvalue weighted by Crippen LogP contribution is 2.27. The van der Waals surface area contributed by atoms with E-state index in [0.717, 1.165) is 31.2 Å².